The van der Waals surface area contributed by atoms with E-state index in [1.54, 1.807) is 12.1 Å². The predicted octanol–water partition coefficient (Wildman–Crippen LogP) is 4.24. The molecular weight excluding hydrogens is 350 g/mol. The highest BCUT2D eigenvalue weighted by Gasteiger charge is 2.20. The van der Waals surface area contributed by atoms with Crippen LogP contribution in [0.5, 0.6) is 0 Å². The van der Waals surface area contributed by atoms with E-state index in [4.69, 9.17) is 0 Å². The zero-order valence-electron chi connectivity index (χ0n) is 16.9. The highest BCUT2D eigenvalue weighted by Crippen LogP contribution is 2.19. The molecule has 0 aliphatic heterocycles. The van der Waals surface area contributed by atoms with E-state index in [-0.39, 0.29) is 23.4 Å². The highest BCUT2D eigenvalue weighted by atomic mass is 16.2. The van der Waals surface area contributed by atoms with Crippen molar-refractivity contribution in [2.45, 2.75) is 46.7 Å². The van der Waals surface area contributed by atoms with Crippen molar-refractivity contribution in [3.8, 4) is 0 Å². The largest absolute Gasteiger partial charge is 0.344 e. The average molecular weight is 377 g/mol. The lowest BCUT2D eigenvalue weighted by atomic mass is 10.0. The normalized spacial score (nSPS) is 12.3. The Morgan fingerprint density at radius 1 is 1.07 bits per heavy atom. The van der Waals surface area contributed by atoms with Crippen LogP contribution in [0.3, 0.4) is 0 Å². The zero-order valence-corrected chi connectivity index (χ0v) is 16.9. The van der Waals surface area contributed by atoms with E-state index < -0.39 is 0 Å². The van der Waals surface area contributed by atoms with Gasteiger partial charge < -0.3 is 5.32 Å². The fraction of sp³-hybridized carbons (Fsp3) is 0.348. The molecule has 0 aliphatic carbocycles. The summed E-state index contributed by atoms with van der Waals surface area (Å²) in [6.45, 7) is 8.59. The molecule has 1 unspecified atom stereocenters. The van der Waals surface area contributed by atoms with E-state index in [1.807, 2.05) is 64.1 Å². The van der Waals surface area contributed by atoms with Crippen molar-refractivity contribution >= 4 is 16.7 Å². The van der Waals surface area contributed by atoms with Crippen LogP contribution in [0.25, 0.3) is 10.8 Å². The summed E-state index contributed by atoms with van der Waals surface area (Å²) in [4.78, 5) is 25.9. The number of rotatable bonds is 6. The maximum Gasteiger partial charge on any atom is 0.274 e. The Bertz CT molecular complexity index is 1040. The van der Waals surface area contributed by atoms with Crippen LogP contribution < -0.4 is 10.9 Å². The third-order valence-electron chi connectivity index (χ3n) is 4.81. The van der Waals surface area contributed by atoms with Gasteiger partial charge in [-0.1, -0.05) is 68.8 Å². The van der Waals surface area contributed by atoms with Gasteiger partial charge in [-0.3, -0.25) is 9.59 Å². The molecule has 1 heterocycles. The average Bonchev–Trinajstić information content (AvgIpc) is 2.68. The van der Waals surface area contributed by atoms with Gasteiger partial charge in [-0.05, 0) is 30.9 Å². The Labute approximate surface area is 165 Å². The second-order valence-electron chi connectivity index (χ2n) is 7.62. The third-order valence-corrected chi connectivity index (χ3v) is 4.81. The number of carbonyl (C=O) groups is 1. The molecule has 5 nitrogen and oxygen atoms in total. The van der Waals surface area contributed by atoms with E-state index >= 15 is 0 Å². The van der Waals surface area contributed by atoms with Gasteiger partial charge in [-0.15, -0.1) is 0 Å². The van der Waals surface area contributed by atoms with Crippen LogP contribution in [-0.2, 0) is 6.54 Å². The standard InChI is InChI=1S/C23H27N3O2/c1-5-20(17-12-10-16(4)11-13-17)24-22(27)21-18-8-6-7-9-19(18)23(28)26(25-21)14-15(2)3/h6-13,15,20H,5,14H2,1-4H3,(H,24,27). The van der Waals surface area contributed by atoms with Crippen molar-refractivity contribution in [3.63, 3.8) is 0 Å². The van der Waals surface area contributed by atoms with E-state index in [0.29, 0.717) is 23.0 Å². The first-order chi connectivity index (χ1) is 13.4. The number of hydrogen-bond donors (Lipinski definition) is 1. The molecule has 0 aliphatic rings. The van der Waals surface area contributed by atoms with Crippen LogP contribution >= 0.6 is 0 Å². The molecule has 0 radical (unpaired) electrons. The first-order valence-electron chi connectivity index (χ1n) is 9.78. The molecule has 1 atom stereocenters. The van der Waals surface area contributed by atoms with E-state index in [2.05, 4.69) is 10.4 Å². The van der Waals surface area contributed by atoms with Gasteiger partial charge in [0.1, 0.15) is 0 Å². The number of hydrogen-bond acceptors (Lipinski definition) is 3. The third kappa shape index (κ3) is 4.14. The topological polar surface area (TPSA) is 64.0 Å². The molecule has 1 N–H and O–H groups in total. The number of aryl methyl sites for hydroxylation is 1. The highest BCUT2D eigenvalue weighted by molar-refractivity contribution is 6.04. The zero-order chi connectivity index (χ0) is 20.3. The summed E-state index contributed by atoms with van der Waals surface area (Å²) >= 11 is 0. The lowest BCUT2D eigenvalue weighted by Gasteiger charge is -2.19. The van der Waals surface area contributed by atoms with Gasteiger partial charge in [0, 0.05) is 11.9 Å². The van der Waals surface area contributed by atoms with Crippen LogP contribution in [0.15, 0.2) is 53.3 Å². The van der Waals surface area contributed by atoms with Crippen molar-refractivity contribution in [1.29, 1.82) is 0 Å². The van der Waals surface area contributed by atoms with Gasteiger partial charge in [-0.2, -0.15) is 5.10 Å². The lowest BCUT2D eigenvalue weighted by molar-refractivity contribution is 0.0929. The van der Waals surface area contributed by atoms with Gasteiger partial charge >= 0.3 is 0 Å². The van der Waals surface area contributed by atoms with Gasteiger partial charge in [0.25, 0.3) is 11.5 Å². The van der Waals surface area contributed by atoms with Crippen molar-refractivity contribution in [1.82, 2.24) is 15.1 Å². The van der Waals surface area contributed by atoms with E-state index in [1.165, 1.54) is 10.2 Å². The van der Waals surface area contributed by atoms with Crippen molar-refractivity contribution < 1.29 is 4.79 Å². The molecule has 5 heteroatoms. The summed E-state index contributed by atoms with van der Waals surface area (Å²) in [6.07, 6.45) is 0.762. The number of amides is 1. The molecule has 0 saturated carbocycles. The van der Waals surface area contributed by atoms with Gasteiger partial charge in [0.05, 0.1) is 11.4 Å². The van der Waals surface area contributed by atoms with Crippen molar-refractivity contribution in [3.05, 3.63) is 75.7 Å². The smallest absolute Gasteiger partial charge is 0.274 e. The first kappa shape index (κ1) is 19.8. The van der Waals surface area contributed by atoms with Gasteiger partial charge in [0.2, 0.25) is 0 Å². The van der Waals surface area contributed by atoms with Crippen LogP contribution in [0.4, 0.5) is 0 Å². The minimum atomic E-state index is -0.263. The summed E-state index contributed by atoms with van der Waals surface area (Å²) < 4.78 is 1.41. The first-order valence-corrected chi connectivity index (χ1v) is 9.78. The Balaban J connectivity index is 2.01. The monoisotopic (exact) mass is 377 g/mol. The molecule has 1 aromatic heterocycles. The number of fused-ring (bicyclic) bond motifs is 1. The number of nitrogens with one attached hydrogen (secondary N) is 1. The van der Waals surface area contributed by atoms with Crippen molar-refractivity contribution in [2.75, 3.05) is 0 Å². The Morgan fingerprint density at radius 2 is 1.71 bits per heavy atom. The summed E-state index contributed by atoms with van der Waals surface area (Å²) in [7, 11) is 0. The molecule has 0 saturated heterocycles. The lowest BCUT2D eigenvalue weighted by Crippen LogP contribution is -2.33. The second-order valence-corrected chi connectivity index (χ2v) is 7.62. The van der Waals surface area contributed by atoms with Crippen LogP contribution in [0.2, 0.25) is 0 Å². The molecule has 146 valence electrons. The minimum Gasteiger partial charge on any atom is -0.344 e. The van der Waals surface area contributed by atoms with Crippen molar-refractivity contribution in [2.24, 2.45) is 5.92 Å². The Kier molecular flexibility index (Phi) is 5.93. The number of benzene rings is 2. The number of nitrogens with zero attached hydrogens (tertiary/aromatic N) is 2. The Hall–Kier alpha value is -2.95. The minimum absolute atomic E-state index is 0.112. The molecule has 0 bridgehead atoms. The van der Waals surface area contributed by atoms with Crippen LogP contribution in [-0.4, -0.2) is 15.7 Å². The van der Waals surface area contributed by atoms with Gasteiger partial charge in [-0.25, -0.2) is 4.68 Å². The maximum absolute atomic E-state index is 13.1. The molecular formula is C23H27N3O2. The molecule has 3 rings (SSSR count). The SMILES string of the molecule is CCC(NC(=O)c1nn(CC(C)C)c(=O)c2ccccc12)c1ccc(C)cc1. The van der Waals surface area contributed by atoms with Crippen LogP contribution in [0, 0.1) is 12.8 Å². The molecule has 0 fully saturated rings. The predicted molar refractivity (Wildman–Crippen MR) is 113 cm³/mol. The van der Waals surface area contributed by atoms with E-state index in [0.717, 1.165) is 12.0 Å². The fourth-order valence-corrected chi connectivity index (χ4v) is 3.32. The van der Waals surface area contributed by atoms with E-state index in [9.17, 15) is 9.59 Å². The summed E-state index contributed by atoms with van der Waals surface area (Å²) in [5.41, 5.74) is 2.37. The summed E-state index contributed by atoms with van der Waals surface area (Å²) in [6, 6.07) is 15.2. The second kappa shape index (κ2) is 8.38. The molecule has 0 spiro atoms. The summed E-state index contributed by atoms with van der Waals surface area (Å²) in [5.74, 6) is -0.0145. The summed E-state index contributed by atoms with van der Waals surface area (Å²) in [5, 5.41) is 8.63. The molecule has 1 amide bonds. The Morgan fingerprint density at radius 3 is 2.32 bits per heavy atom. The molecule has 28 heavy (non-hydrogen) atoms. The van der Waals surface area contributed by atoms with Crippen LogP contribution in [0.1, 0.15) is 54.8 Å². The fourth-order valence-electron chi connectivity index (χ4n) is 3.32. The number of aromatic nitrogens is 2. The quantitative estimate of drug-likeness (QED) is 0.699. The molecule has 3 aromatic rings. The maximum atomic E-state index is 13.1. The molecule has 2 aromatic carbocycles. The van der Waals surface area contributed by atoms with Gasteiger partial charge in [0.15, 0.2) is 5.69 Å². The number of carbonyl (C=O) groups excluding carboxylic acids is 1.